The van der Waals surface area contributed by atoms with E-state index in [1.54, 1.807) is 6.07 Å². The number of primary amides is 1. The first-order valence-corrected chi connectivity index (χ1v) is 6.75. The SMILES string of the molecule is Cc1c(Br)cccc1NCc1cccc(C(N)=O)c1. The van der Waals surface area contributed by atoms with E-state index in [0.717, 1.165) is 21.3 Å². The number of nitrogens with two attached hydrogens (primary N) is 1. The monoisotopic (exact) mass is 318 g/mol. The maximum atomic E-state index is 11.1. The summed E-state index contributed by atoms with van der Waals surface area (Å²) in [7, 11) is 0. The van der Waals surface area contributed by atoms with Crippen molar-refractivity contribution in [3.05, 3.63) is 63.6 Å². The third kappa shape index (κ3) is 3.35. The van der Waals surface area contributed by atoms with Crippen molar-refractivity contribution in [1.29, 1.82) is 0 Å². The van der Waals surface area contributed by atoms with Crippen LogP contribution in [0.2, 0.25) is 0 Å². The van der Waals surface area contributed by atoms with Crippen LogP contribution in [0.1, 0.15) is 21.5 Å². The van der Waals surface area contributed by atoms with E-state index >= 15 is 0 Å². The minimum atomic E-state index is -0.402. The zero-order valence-electron chi connectivity index (χ0n) is 10.6. The maximum absolute atomic E-state index is 11.1. The minimum absolute atomic E-state index is 0.402. The lowest BCUT2D eigenvalue weighted by Gasteiger charge is -2.11. The molecule has 0 fully saturated rings. The summed E-state index contributed by atoms with van der Waals surface area (Å²) in [4.78, 5) is 11.1. The highest BCUT2D eigenvalue weighted by Gasteiger charge is 2.03. The largest absolute Gasteiger partial charge is 0.381 e. The molecule has 1 amide bonds. The standard InChI is InChI=1S/C15H15BrN2O/c1-10-13(16)6-3-7-14(10)18-9-11-4-2-5-12(8-11)15(17)19/h2-8,18H,9H2,1H3,(H2,17,19). The average molecular weight is 319 g/mol. The second kappa shape index (κ2) is 5.89. The first kappa shape index (κ1) is 13.6. The Labute approximate surface area is 121 Å². The van der Waals surface area contributed by atoms with E-state index in [9.17, 15) is 4.79 Å². The van der Waals surface area contributed by atoms with E-state index in [1.165, 1.54) is 0 Å². The van der Waals surface area contributed by atoms with Gasteiger partial charge in [0.2, 0.25) is 5.91 Å². The van der Waals surface area contributed by atoms with Crippen molar-refractivity contribution in [3.8, 4) is 0 Å². The maximum Gasteiger partial charge on any atom is 0.248 e. The quantitative estimate of drug-likeness (QED) is 0.906. The Balaban J connectivity index is 2.12. The number of hydrogen-bond donors (Lipinski definition) is 2. The summed E-state index contributed by atoms with van der Waals surface area (Å²) < 4.78 is 1.07. The van der Waals surface area contributed by atoms with Crippen molar-refractivity contribution >= 4 is 27.5 Å². The van der Waals surface area contributed by atoms with Gasteiger partial charge in [-0.25, -0.2) is 0 Å². The molecule has 0 radical (unpaired) electrons. The fourth-order valence-corrected chi connectivity index (χ4v) is 2.20. The summed E-state index contributed by atoms with van der Waals surface area (Å²) in [6.45, 7) is 2.70. The zero-order valence-corrected chi connectivity index (χ0v) is 12.2. The van der Waals surface area contributed by atoms with Gasteiger partial charge in [-0.05, 0) is 42.3 Å². The van der Waals surface area contributed by atoms with Crippen LogP contribution in [0.4, 0.5) is 5.69 Å². The van der Waals surface area contributed by atoms with Gasteiger partial charge in [-0.15, -0.1) is 0 Å². The third-order valence-electron chi connectivity index (χ3n) is 2.96. The fourth-order valence-electron chi connectivity index (χ4n) is 1.83. The number of amides is 1. The van der Waals surface area contributed by atoms with Crippen LogP contribution in [-0.4, -0.2) is 5.91 Å². The molecular formula is C15H15BrN2O. The molecule has 0 heterocycles. The first-order chi connectivity index (χ1) is 9.08. The molecule has 0 bridgehead atoms. The van der Waals surface area contributed by atoms with Gasteiger partial charge in [0.1, 0.15) is 0 Å². The fraction of sp³-hybridized carbons (Fsp3) is 0.133. The molecular weight excluding hydrogens is 304 g/mol. The highest BCUT2D eigenvalue weighted by Crippen LogP contribution is 2.23. The Kier molecular flexibility index (Phi) is 4.22. The van der Waals surface area contributed by atoms with E-state index in [1.807, 2.05) is 43.3 Å². The summed E-state index contributed by atoms with van der Waals surface area (Å²) in [5, 5.41) is 3.35. The number of benzene rings is 2. The van der Waals surface area contributed by atoms with Gasteiger partial charge in [0, 0.05) is 22.3 Å². The van der Waals surface area contributed by atoms with Crippen molar-refractivity contribution in [2.24, 2.45) is 5.73 Å². The van der Waals surface area contributed by atoms with Gasteiger partial charge in [-0.2, -0.15) is 0 Å². The molecule has 3 N–H and O–H groups in total. The van der Waals surface area contributed by atoms with Crippen LogP contribution in [0.15, 0.2) is 46.9 Å². The summed E-state index contributed by atoms with van der Waals surface area (Å²) in [6, 6.07) is 13.3. The predicted molar refractivity (Wildman–Crippen MR) is 81.2 cm³/mol. The molecule has 0 spiro atoms. The average Bonchev–Trinajstić information content (AvgIpc) is 2.41. The summed E-state index contributed by atoms with van der Waals surface area (Å²) in [5.74, 6) is -0.402. The van der Waals surface area contributed by atoms with Crippen molar-refractivity contribution in [2.75, 3.05) is 5.32 Å². The smallest absolute Gasteiger partial charge is 0.248 e. The van der Waals surface area contributed by atoms with Crippen LogP contribution in [0.5, 0.6) is 0 Å². The normalized spacial score (nSPS) is 10.2. The van der Waals surface area contributed by atoms with Crippen LogP contribution in [0, 0.1) is 6.92 Å². The summed E-state index contributed by atoms with van der Waals surface area (Å²) in [5.41, 5.74) is 9.05. The van der Waals surface area contributed by atoms with Crippen LogP contribution < -0.4 is 11.1 Å². The Morgan fingerprint density at radius 1 is 1.26 bits per heavy atom. The molecule has 2 aromatic carbocycles. The van der Waals surface area contributed by atoms with Gasteiger partial charge in [-0.3, -0.25) is 4.79 Å². The van der Waals surface area contributed by atoms with E-state index in [2.05, 4.69) is 21.2 Å². The third-order valence-corrected chi connectivity index (χ3v) is 3.82. The Hall–Kier alpha value is -1.81. The van der Waals surface area contributed by atoms with E-state index < -0.39 is 5.91 Å². The Morgan fingerprint density at radius 2 is 2.00 bits per heavy atom. The predicted octanol–water partition coefficient (Wildman–Crippen LogP) is 3.47. The van der Waals surface area contributed by atoms with Gasteiger partial charge in [0.25, 0.3) is 0 Å². The number of halogens is 1. The molecule has 0 saturated heterocycles. The Bertz CT molecular complexity index is 611. The number of anilines is 1. The number of carbonyl (C=O) groups excluding carboxylic acids is 1. The minimum Gasteiger partial charge on any atom is -0.381 e. The lowest BCUT2D eigenvalue weighted by Crippen LogP contribution is -2.11. The van der Waals surface area contributed by atoms with Crippen molar-refractivity contribution in [3.63, 3.8) is 0 Å². The molecule has 0 atom stereocenters. The first-order valence-electron chi connectivity index (χ1n) is 5.95. The Morgan fingerprint density at radius 3 is 2.74 bits per heavy atom. The zero-order chi connectivity index (χ0) is 13.8. The van der Waals surface area contributed by atoms with Gasteiger partial charge >= 0.3 is 0 Å². The molecule has 98 valence electrons. The lowest BCUT2D eigenvalue weighted by molar-refractivity contribution is 0.1000. The summed E-state index contributed by atoms with van der Waals surface area (Å²) in [6.07, 6.45) is 0. The van der Waals surface area contributed by atoms with Crippen LogP contribution in [0.25, 0.3) is 0 Å². The molecule has 0 aromatic heterocycles. The van der Waals surface area contributed by atoms with Crippen molar-refractivity contribution in [2.45, 2.75) is 13.5 Å². The van der Waals surface area contributed by atoms with E-state index in [4.69, 9.17) is 5.73 Å². The van der Waals surface area contributed by atoms with Crippen LogP contribution >= 0.6 is 15.9 Å². The molecule has 2 aromatic rings. The molecule has 4 heteroatoms. The molecule has 0 unspecified atom stereocenters. The molecule has 3 nitrogen and oxygen atoms in total. The van der Waals surface area contributed by atoms with Crippen molar-refractivity contribution in [1.82, 2.24) is 0 Å². The number of hydrogen-bond acceptors (Lipinski definition) is 2. The molecule has 2 rings (SSSR count). The molecule has 0 aliphatic heterocycles. The topological polar surface area (TPSA) is 55.1 Å². The second-order valence-electron chi connectivity index (χ2n) is 4.33. The molecule has 0 aliphatic rings. The molecule has 19 heavy (non-hydrogen) atoms. The summed E-state index contributed by atoms with van der Waals surface area (Å²) >= 11 is 3.50. The van der Waals surface area contributed by atoms with Gasteiger partial charge in [0.15, 0.2) is 0 Å². The molecule has 0 saturated carbocycles. The van der Waals surface area contributed by atoms with Crippen molar-refractivity contribution < 1.29 is 4.79 Å². The highest BCUT2D eigenvalue weighted by molar-refractivity contribution is 9.10. The van der Waals surface area contributed by atoms with Gasteiger partial charge in [-0.1, -0.05) is 34.1 Å². The van der Waals surface area contributed by atoms with Gasteiger partial charge in [0.05, 0.1) is 0 Å². The number of carbonyl (C=O) groups is 1. The van der Waals surface area contributed by atoms with E-state index in [0.29, 0.717) is 12.1 Å². The van der Waals surface area contributed by atoms with Gasteiger partial charge < -0.3 is 11.1 Å². The van der Waals surface area contributed by atoms with E-state index in [-0.39, 0.29) is 0 Å². The highest BCUT2D eigenvalue weighted by atomic mass is 79.9. The molecule has 0 aliphatic carbocycles. The van der Waals surface area contributed by atoms with Crippen LogP contribution in [0.3, 0.4) is 0 Å². The number of nitrogens with one attached hydrogen (secondary N) is 1. The lowest BCUT2D eigenvalue weighted by atomic mass is 10.1. The number of rotatable bonds is 4. The van der Waals surface area contributed by atoms with Crippen LogP contribution in [-0.2, 0) is 6.54 Å². The second-order valence-corrected chi connectivity index (χ2v) is 5.18.